The van der Waals surface area contributed by atoms with Crippen LogP contribution in [0.5, 0.6) is 0 Å². The highest BCUT2D eigenvalue weighted by molar-refractivity contribution is 4.79. The third kappa shape index (κ3) is 5.58. The molecule has 1 aliphatic rings. The van der Waals surface area contributed by atoms with Crippen molar-refractivity contribution in [3.05, 3.63) is 12.7 Å². The molecule has 0 aromatic rings. The van der Waals surface area contributed by atoms with Crippen LogP contribution in [-0.2, 0) is 18.9 Å². The molecule has 0 saturated carbocycles. The van der Waals surface area contributed by atoms with Gasteiger partial charge in [0.05, 0.1) is 19.3 Å². The summed E-state index contributed by atoms with van der Waals surface area (Å²) in [4.78, 5) is 0. The molecule has 1 heterocycles. The Bertz CT molecular complexity index is 300. The largest absolute Gasteiger partial charge is 0.388 e. The van der Waals surface area contributed by atoms with E-state index in [-0.39, 0.29) is 19.3 Å². The molecule has 0 amide bonds. The molecule has 1 rings (SSSR count). The lowest BCUT2D eigenvalue weighted by molar-refractivity contribution is -0.325. The van der Waals surface area contributed by atoms with Crippen LogP contribution in [0.25, 0.3) is 0 Å². The summed E-state index contributed by atoms with van der Waals surface area (Å²) in [6.07, 6.45) is 0.479. The van der Waals surface area contributed by atoms with Gasteiger partial charge in [0.1, 0.15) is 12.2 Å². The molecule has 1 saturated heterocycles. The number of hydrogen-bond donors (Lipinski definition) is 1. The summed E-state index contributed by atoms with van der Waals surface area (Å²) in [5, 5.41) is 9.84. The van der Waals surface area contributed by atoms with E-state index in [4.69, 9.17) is 18.9 Å². The van der Waals surface area contributed by atoms with Gasteiger partial charge in [0.25, 0.3) is 0 Å². The van der Waals surface area contributed by atoms with Crippen molar-refractivity contribution in [3.63, 3.8) is 0 Å². The van der Waals surface area contributed by atoms with E-state index in [0.29, 0.717) is 0 Å². The normalized spacial score (nSPS) is 28.9. The zero-order valence-corrected chi connectivity index (χ0v) is 12.5. The van der Waals surface area contributed by atoms with Crippen LogP contribution in [0.3, 0.4) is 0 Å². The van der Waals surface area contributed by atoms with Crippen molar-refractivity contribution < 1.29 is 24.1 Å². The smallest absolute Gasteiger partial charge is 0.163 e. The Morgan fingerprint density at radius 2 is 2.16 bits per heavy atom. The molecule has 1 N–H and O–H groups in total. The van der Waals surface area contributed by atoms with Gasteiger partial charge in [0.15, 0.2) is 11.6 Å². The zero-order chi connectivity index (χ0) is 14.7. The monoisotopic (exact) mass is 274 g/mol. The van der Waals surface area contributed by atoms with Gasteiger partial charge in [-0.15, -0.1) is 6.58 Å². The van der Waals surface area contributed by atoms with Gasteiger partial charge >= 0.3 is 0 Å². The molecule has 3 atom stereocenters. The summed E-state index contributed by atoms with van der Waals surface area (Å²) in [5.41, 5.74) is 0. The van der Waals surface area contributed by atoms with Crippen molar-refractivity contribution in [1.82, 2.24) is 0 Å². The van der Waals surface area contributed by atoms with Gasteiger partial charge in [-0.1, -0.05) is 6.08 Å². The first-order valence-electron chi connectivity index (χ1n) is 6.59. The second kappa shape index (κ2) is 6.33. The van der Waals surface area contributed by atoms with E-state index in [2.05, 4.69) is 6.58 Å². The van der Waals surface area contributed by atoms with Crippen LogP contribution in [0.15, 0.2) is 12.7 Å². The molecule has 0 spiro atoms. The number of hydrogen-bond acceptors (Lipinski definition) is 5. The highest BCUT2D eigenvalue weighted by atomic mass is 16.7. The molecule has 2 unspecified atom stereocenters. The fourth-order valence-electron chi connectivity index (χ4n) is 1.83. The molecular formula is C14H26O5. The predicted molar refractivity (Wildman–Crippen MR) is 71.7 cm³/mol. The second-order valence-electron chi connectivity index (χ2n) is 5.70. The van der Waals surface area contributed by atoms with Crippen LogP contribution < -0.4 is 0 Å². The fraction of sp³-hybridized carbons (Fsp3) is 0.857. The van der Waals surface area contributed by atoms with Crippen LogP contribution in [0.4, 0.5) is 0 Å². The van der Waals surface area contributed by atoms with Gasteiger partial charge in [0, 0.05) is 0 Å². The van der Waals surface area contributed by atoms with Gasteiger partial charge in [-0.3, -0.25) is 0 Å². The summed E-state index contributed by atoms with van der Waals surface area (Å²) >= 11 is 0. The summed E-state index contributed by atoms with van der Waals surface area (Å²) in [6, 6.07) is 0. The maximum atomic E-state index is 9.84. The van der Waals surface area contributed by atoms with E-state index in [1.807, 2.05) is 34.6 Å². The van der Waals surface area contributed by atoms with Crippen LogP contribution in [0.1, 0.15) is 34.6 Å². The third-order valence-electron chi connectivity index (χ3n) is 2.86. The Balaban J connectivity index is 2.48. The zero-order valence-electron chi connectivity index (χ0n) is 12.5. The summed E-state index contributed by atoms with van der Waals surface area (Å²) in [5.74, 6) is -1.47. The number of rotatable bonds is 6. The van der Waals surface area contributed by atoms with Gasteiger partial charge < -0.3 is 24.1 Å². The molecule has 0 aromatic heterocycles. The van der Waals surface area contributed by atoms with Crippen LogP contribution >= 0.6 is 0 Å². The van der Waals surface area contributed by atoms with E-state index in [1.54, 1.807) is 6.08 Å². The van der Waals surface area contributed by atoms with E-state index in [0.717, 1.165) is 0 Å². The Kier molecular flexibility index (Phi) is 5.53. The van der Waals surface area contributed by atoms with E-state index in [1.165, 1.54) is 0 Å². The molecule has 0 aliphatic carbocycles. The predicted octanol–water partition coefficient (Wildman–Crippen LogP) is 1.84. The fourth-order valence-corrected chi connectivity index (χ4v) is 1.83. The van der Waals surface area contributed by atoms with Crippen molar-refractivity contribution in [2.75, 3.05) is 13.2 Å². The molecule has 0 bridgehead atoms. The molecule has 1 aliphatic heterocycles. The lowest BCUT2D eigenvalue weighted by Crippen LogP contribution is -2.51. The maximum Gasteiger partial charge on any atom is 0.163 e. The summed E-state index contributed by atoms with van der Waals surface area (Å²) in [6.45, 7) is 13.3. The lowest BCUT2D eigenvalue weighted by atomic mass is 10.1. The average molecular weight is 274 g/mol. The minimum atomic E-state index is -0.765. The van der Waals surface area contributed by atoms with E-state index < -0.39 is 23.8 Å². The molecule has 1 fully saturated rings. The SMILES string of the molecule is C=CC(C)OC(C)(C)OC[C@@H]1OC(C)(C)OCC1O. The first-order chi connectivity index (χ1) is 8.65. The highest BCUT2D eigenvalue weighted by Crippen LogP contribution is 2.24. The van der Waals surface area contributed by atoms with Gasteiger partial charge in [-0.05, 0) is 34.6 Å². The standard InChI is InChI=1S/C14H26O5/c1-7-10(2)18-13(3,4)17-9-12-11(15)8-16-14(5,6)19-12/h7,10-12,15H,1,8-9H2,2-6H3/t10?,11?,12-/m0/s1. The number of aliphatic hydroxyl groups is 1. The van der Waals surface area contributed by atoms with Crippen molar-refractivity contribution in [2.45, 2.75) is 64.5 Å². The molecule has 112 valence electrons. The Hall–Kier alpha value is -0.460. The molecule has 0 aromatic carbocycles. The van der Waals surface area contributed by atoms with Crippen LogP contribution in [0.2, 0.25) is 0 Å². The van der Waals surface area contributed by atoms with Crippen molar-refractivity contribution in [2.24, 2.45) is 0 Å². The molecule has 5 nitrogen and oxygen atoms in total. The van der Waals surface area contributed by atoms with Crippen molar-refractivity contribution >= 4 is 0 Å². The summed E-state index contributed by atoms with van der Waals surface area (Å²) < 4.78 is 22.3. The average Bonchev–Trinajstić information content (AvgIpc) is 2.30. The first kappa shape index (κ1) is 16.6. The molecule has 5 heteroatoms. The van der Waals surface area contributed by atoms with E-state index >= 15 is 0 Å². The third-order valence-corrected chi connectivity index (χ3v) is 2.86. The minimum Gasteiger partial charge on any atom is -0.388 e. The first-order valence-corrected chi connectivity index (χ1v) is 6.59. The number of ether oxygens (including phenoxy) is 4. The van der Waals surface area contributed by atoms with Gasteiger partial charge in [-0.25, -0.2) is 0 Å². The topological polar surface area (TPSA) is 57.2 Å². The maximum absolute atomic E-state index is 9.84. The minimum absolute atomic E-state index is 0.105. The Morgan fingerprint density at radius 3 is 2.74 bits per heavy atom. The molecular weight excluding hydrogens is 248 g/mol. The Labute approximate surface area is 115 Å². The van der Waals surface area contributed by atoms with Crippen molar-refractivity contribution in [3.8, 4) is 0 Å². The highest BCUT2D eigenvalue weighted by Gasteiger charge is 2.37. The lowest BCUT2D eigenvalue weighted by Gasteiger charge is -2.40. The Morgan fingerprint density at radius 1 is 1.53 bits per heavy atom. The number of aliphatic hydroxyl groups excluding tert-OH is 1. The van der Waals surface area contributed by atoms with Crippen LogP contribution in [0, 0.1) is 0 Å². The van der Waals surface area contributed by atoms with E-state index in [9.17, 15) is 5.11 Å². The quantitative estimate of drug-likeness (QED) is 0.591. The molecule has 0 radical (unpaired) electrons. The summed E-state index contributed by atoms with van der Waals surface area (Å²) in [7, 11) is 0. The molecule has 19 heavy (non-hydrogen) atoms. The van der Waals surface area contributed by atoms with Crippen LogP contribution in [-0.4, -0.2) is 48.2 Å². The van der Waals surface area contributed by atoms with Crippen molar-refractivity contribution in [1.29, 1.82) is 0 Å². The second-order valence-corrected chi connectivity index (χ2v) is 5.70. The van der Waals surface area contributed by atoms with Gasteiger partial charge in [-0.2, -0.15) is 0 Å². The van der Waals surface area contributed by atoms with Gasteiger partial charge in [0.2, 0.25) is 0 Å².